The van der Waals surface area contributed by atoms with Crippen molar-refractivity contribution >= 4 is 0 Å². The molecular formula is C13H24F3NO. The van der Waals surface area contributed by atoms with Crippen LogP contribution >= 0.6 is 0 Å². The van der Waals surface area contributed by atoms with Crippen LogP contribution in [0, 0.1) is 11.8 Å². The lowest BCUT2D eigenvalue weighted by Gasteiger charge is -2.35. The second-order valence-electron chi connectivity index (χ2n) is 5.61. The van der Waals surface area contributed by atoms with Crippen molar-refractivity contribution in [3.05, 3.63) is 0 Å². The van der Waals surface area contributed by atoms with Gasteiger partial charge in [-0.3, -0.25) is 4.90 Å². The number of aliphatic hydroxyl groups is 1. The predicted octanol–water partition coefficient (Wildman–Crippen LogP) is 3.06. The standard InChI is InChI=1S/C13H24F3NO/c1-3-4-10-5-6-12(18)11(7-10)8-17(2)9-13(14,15)16/h10-12,18H,3-9H2,1-2H3. The first-order valence-electron chi connectivity index (χ1n) is 6.75. The van der Waals surface area contributed by atoms with Gasteiger partial charge in [-0.1, -0.05) is 19.8 Å². The van der Waals surface area contributed by atoms with Crippen molar-refractivity contribution in [2.75, 3.05) is 20.1 Å². The molecule has 0 heterocycles. The van der Waals surface area contributed by atoms with Crippen LogP contribution in [0.2, 0.25) is 0 Å². The molecule has 0 aromatic rings. The molecule has 1 rings (SSSR count). The third-order valence-electron chi connectivity index (χ3n) is 3.74. The monoisotopic (exact) mass is 267 g/mol. The SMILES string of the molecule is CCCC1CCC(O)C(CN(C)CC(F)(F)F)C1. The number of rotatable bonds is 5. The molecule has 0 saturated heterocycles. The van der Waals surface area contributed by atoms with Crippen molar-refractivity contribution in [2.45, 2.75) is 51.3 Å². The zero-order valence-corrected chi connectivity index (χ0v) is 11.2. The van der Waals surface area contributed by atoms with Crippen molar-refractivity contribution < 1.29 is 18.3 Å². The van der Waals surface area contributed by atoms with Crippen molar-refractivity contribution in [1.29, 1.82) is 0 Å². The van der Waals surface area contributed by atoms with Crippen molar-refractivity contribution in [2.24, 2.45) is 11.8 Å². The molecule has 1 N–H and O–H groups in total. The molecule has 0 aromatic heterocycles. The molecule has 3 unspecified atom stereocenters. The van der Waals surface area contributed by atoms with E-state index < -0.39 is 18.8 Å². The molecule has 1 aliphatic carbocycles. The Labute approximate surface area is 107 Å². The number of nitrogens with zero attached hydrogens (tertiary/aromatic N) is 1. The van der Waals surface area contributed by atoms with Crippen LogP contribution in [0.3, 0.4) is 0 Å². The Morgan fingerprint density at radius 2 is 1.94 bits per heavy atom. The van der Waals surface area contributed by atoms with Gasteiger partial charge in [0.1, 0.15) is 0 Å². The first kappa shape index (κ1) is 15.8. The van der Waals surface area contributed by atoms with E-state index in [1.807, 2.05) is 0 Å². The highest BCUT2D eigenvalue weighted by molar-refractivity contribution is 4.81. The first-order valence-corrected chi connectivity index (χ1v) is 6.75. The van der Waals surface area contributed by atoms with Gasteiger partial charge in [0.2, 0.25) is 0 Å². The van der Waals surface area contributed by atoms with E-state index in [1.54, 1.807) is 0 Å². The van der Waals surface area contributed by atoms with Gasteiger partial charge in [0.05, 0.1) is 12.6 Å². The Kier molecular flexibility index (Phi) is 5.92. The second kappa shape index (κ2) is 6.75. The topological polar surface area (TPSA) is 23.5 Å². The molecule has 0 aromatic carbocycles. The third-order valence-corrected chi connectivity index (χ3v) is 3.74. The van der Waals surface area contributed by atoms with E-state index in [2.05, 4.69) is 6.92 Å². The van der Waals surface area contributed by atoms with Crippen molar-refractivity contribution in [3.63, 3.8) is 0 Å². The molecular weight excluding hydrogens is 243 g/mol. The number of hydrogen-bond acceptors (Lipinski definition) is 2. The highest BCUT2D eigenvalue weighted by Gasteiger charge is 2.33. The van der Waals surface area contributed by atoms with Gasteiger partial charge in [-0.15, -0.1) is 0 Å². The zero-order chi connectivity index (χ0) is 13.8. The maximum Gasteiger partial charge on any atom is 0.401 e. The lowest BCUT2D eigenvalue weighted by atomic mass is 9.77. The van der Waals surface area contributed by atoms with Crippen LogP contribution in [0.15, 0.2) is 0 Å². The van der Waals surface area contributed by atoms with E-state index in [1.165, 1.54) is 11.9 Å². The Morgan fingerprint density at radius 1 is 1.28 bits per heavy atom. The molecule has 0 spiro atoms. The molecule has 5 heteroatoms. The average Bonchev–Trinajstić information content (AvgIpc) is 2.20. The van der Waals surface area contributed by atoms with Crippen LogP contribution in [0.4, 0.5) is 13.2 Å². The van der Waals surface area contributed by atoms with E-state index in [-0.39, 0.29) is 5.92 Å². The fourth-order valence-electron chi connectivity index (χ4n) is 2.98. The van der Waals surface area contributed by atoms with Gasteiger partial charge in [-0.25, -0.2) is 0 Å². The highest BCUT2D eigenvalue weighted by Crippen LogP contribution is 2.32. The maximum absolute atomic E-state index is 12.3. The predicted molar refractivity (Wildman–Crippen MR) is 65.3 cm³/mol. The van der Waals surface area contributed by atoms with E-state index in [0.717, 1.165) is 32.1 Å². The van der Waals surface area contributed by atoms with E-state index >= 15 is 0 Å². The van der Waals surface area contributed by atoms with Crippen molar-refractivity contribution in [3.8, 4) is 0 Å². The summed E-state index contributed by atoms with van der Waals surface area (Å²) in [5, 5.41) is 9.89. The molecule has 1 aliphatic rings. The molecule has 0 radical (unpaired) electrons. The normalized spacial score (nSPS) is 29.8. The Morgan fingerprint density at radius 3 is 2.50 bits per heavy atom. The summed E-state index contributed by atoms with van der Waals surface area (Å²) >= 11 is 0. The van der Waals surface area contributed by atoms with Crippen LogP contribution in [0.5, 0.6) is 0 Å². The summed E-state index contributed by atoms with van der Waals surface area (Å²) in [4.78, 5) is 1.28. The summed E-state index contributed by atoms with van der Waals surface area (Å²) in [6.45, 7) is 1.56. The maximum atomic E-state index is 12.3. The Bertz CT molecular complexity index is 245. The summed E-state index contributed by atoms with van der Waals surface area (Å²) < 4.78 is 36.8. The van der Waals surface area contributed by atoms with Crippen LogP contribution in [-0.4, -0.2) is 42.4 Å². The van der Waals surface area contributed by atoms with Crippen LogP contribution in [0.25, 0.3) is 0 Å². The molecule has 1 saturated carbocycles. The third kappa shape index (κ3) is 5.57. The molecule has 18 heavy (non-hydrogen) atoms. The minimum absolute atomic E-state index is 0.0114. The van der Waals surface area contributed by atoms with Gasteiger partial charge in [-0.05, 0) is 38.1 Å². The van der Waals surface area contributed by atoms with E-state index in [4.69, 9.17) is 0 Å². The van der Waals surface area contributed by atoms with Gasteiger partial charge >= 0.3 is 6.18 Å². The number of alkyl halides is 3. The molecule has 0 amide bonds. The summed E-state index contributed by atoms with van der Waals surface area (Å²) in [6, 6.07) is 0. The zero-order valence-electron chi connectivity index (χ0n) is 11.2. The lowest BCUT2D eigenvalue weighted by molar-refractivity contribution is -0.146. The minimum atomic E-state index is -4.16. The molecule has 3 atom stereocenters. The fraction of sp³-hybridized carbons (Fsp3) is 1.00. The van der Waals surface area contributed by atoms with Gasteiger partial charge in [0.25, 0.3) is 0 Å². The second-order valence-corrected chi connectivity index (χ2v) is 5.61. The van der Waals surface area contributed by atoms with Crippen LogP contribution < -0.4 is 0 Å². The van der Waals surface area contributed by atoms with Gasteiger partial charge < -0.3 is 5.11 Å². The number of hydrogen-bond donors (Lipinski definition) is 1. The van der Waals surface area contributed by atoms with Gasteiger partial charge in [0, 0.05) is 6.54 Å². The van der Waals surface area contributed by atoms with Crippen LogP contribution in [-0.2, 0) is 0 Å². The van der Waals surface area contributed by atoms with Crippen LogP contribution in [0.1, 0.15) is 39.0 Å². The minimum Gasteiger partial charge on any atom is -0.393 e. The van der Waals surface area contributed by atoms with E-state index in [9.17, 15) is 18.3 Å². The summed E-state index contributed by atoms with van der Waals surface area (Å²) in [7, 11) is 1.48. The molecule has 0 bridgehead atoms. The van der Waals surface area contributed by atoms with Gasteiger partial charge in [-0.2, -0.15) is 13.2 Å². The van der Waals surface area contributed by atoms with Gasteiger partial charge in [0.15, 0.2) is 0 Å². The Hall–Kier alpha value is -0.290. The molecule has 1 fully saturated rings. The number of aliphatic hydroxyl groups excluding tert-OH is 1. The lowest BCUT2D eigenvalue weighted by Crippen LogP contribution is -2.40. The smallest absolute Gasteiger partial charge is 0.393 e. The number of halogens is 3. The van der Waals surface area contributed by atoms with E-state index in [0.29, 0.717) is 12.5 Å². The van der Waals surface area contributed by atoms with Crippen molar-refractivity contribution in [1.82, 2.24) is 4.90 Å². The summed E-state index contributed by atoms with van der Waals surface area (Å²) in [5.41, 5.74) is 0. The molecule has 2 nitrogen and oxygen atoms in total. The largest absolute Gasteiger partial charge is 0.401 e. The highest BCUT2D eigenvalue weighted by atomic mass is 19.4. The quantitative estimate of drug-likeness (QED) is 0.827. The fourth-order valence-corrected chi connectivity index (χ4v) is 2.98. The summed E-state index contributed by atoms with van der Waals surface area (Å²) in [6.07, 6.45) is 0.227. The Balaban J connectivity index is 2.43. The summed E-state index contributed by atoms with van der Waals surface area (Å²) in [5.74, 6) is 0.560. The average molecular weight is 267 g/mol. The molecule has 0 aliphatic heterocycles. The molecule has 108 valence electrons. The first-order chi connectivity index (χ1) is 8.31.